The van der Waals surface area contributed by atoms with Crippen molar-refractivity contribution in [2.75, 3.05) is 0 Å². The van der Waals surface area contributed by atoms with Crippen molar-refractivity contribution in [3.05, 3.63) is 11.8 Å². The molecule has 0 fully saturated rings. The van der Waals surface area contributed by atoms with Crippen molar-refractivity contribution in [3.8, 4) is 0 Å². The first-order chi connectivity index (χ1) is 6.69. The number of rotatable bonds is 2. The number of hydrogen-bond donors (Lipinski definition) is 3. The predicted molar refractivity (Wildman–Crippen MR) is 53.0 cm³/mol. The van der Waals surface area contributed by atoms with Gasteiger partial charge in [0, 0.05) is 12.1 Å². The summed E-state index contributed by atoms with van der Waals surface area (Å²) in [4.78, 5) is 22.1. The molecule has 0 saturated heterocycles. The molecule has 1 aliphatic rings. The number of carboxylic acid groups (broad SMARTS) is 2. The van der Waals surface area contributed by atoms with Gasteiger partial charge < -0.3 is 15.9 Å². The summed E-state index contributed by atoms with van der Waals surface area (Å²) >= 11 is 0. The standard InChI is InChI=1S/C10H15NO4/c1-9(7(12)13)3-6(11)4-10(2,5-9)8(14)15/h3H,4-5,11H2,1-2H3,(H,12,13)(H,14,15). The van der Waals surface area contributed by atoms with Crippen LogP contribution in [-0.4, -0.2) is 22.2 Å². The summed E-state index contributed by atoms with van der Waals surface area (Å²) in [5.41, 5.74) is 3.65. The molecule has 1 rings (SSSR count). The summed E-state index contributed by atoms with van der Waals surface area (Å²) in [7, 11) is 0. The topological polar surface area (TPSA) is 101 Å². The van der Waals surface area contributed by atoms with Gasteiger partial charge in [-0.15, -0.1) is 0 Å². The number of aliphatic carboxylic acids is 2. The molecule has 84 valence electrons. The maximum absolute atomic E-state index is 11.1. The number of hydrogen-bond acceptors (Lipinski definition) is 3. The Morgan fingerprint density at radius 1 is 1.33 bits per heavy atom. The van der Waals surface area contributed by atoms with Crippen molar-refractivity contribution in [2.45, 2.75) is 26.7 Å². The Kier molecular flexibility index (Phi) is 2.51. The monoisotopic (exact) mass is 213 g/mol. The lowest BCUT2D eigenvalue weighted by molar-refractivity contribution is -0.155. The third-order valence-electron chi connectivity index (χ3n) is 2.86. The van der Waals surface area contributed by atoms with E-state index in [0.717, 1.165) is 0 Å². The van der Waals surface area contributed by atoms with Crippen LogP contribution < -0.4 is 5.73 Å². The third kappa shape index (κ3) is 1.95. The van der Waals surface area contributed by atoms with E-state index in [1.165, 1.54) is 19.9 Å². The Hall–Kier alpha value is -1.52. The Morgan fingerprint density at radius 3 is 2.27 bits per heavy atom. The second-order valence-corrected chi connectivity index (χ2v) is 4.66. The fourth-order valence-electron chi connectivity index (χ4n) is 2.12. The van der Waals surface area contributed by atoms with Gasteiger partial charge in [0.05, 0.1) is 10.8 Å². The third-order valence-corrected chi connectivity index (χ3v) is 2.86. The Balaban J connectivity index is 3.14. The molecule has 0 aliphatic heterocycles. The number of allylic oxidation sites excluding steroid dienone is 1. The lowest BCUT2D eigenvalue weighted by Gasteiger charge is -2.37. The van der Waals surface area contributed by atoms with Gasteiger partial charge in [-0.05, 0) is 26.3 Å². The summed E-state index contributed by atoms with van der Waals surface area (Å²) in [6.45, 7) is 3.01. The molecule has 5 nitrogen and oxygen atoms in total. The smallest absolute Gasteiger partial charge is 0.313 e. The molecule has 15 heavy (non-hydrogen) atoms. The molecule has 5 heteroatoms. The van der Waals surface area contributed by atoms with E-state index in [0.29, 0.717) is 5.70 Å². The molecule has 0 aromatic carbocycles. The highest BCUT2D eigenvalue weighted by Crippen LogP contribution is 2.44. The van der Waals surface area contributed by atoms with E-state index in [1.807, 2.05) is 0 Å². The minimum atomic E-state index is -1.19. The van der Waals surface area contributed by atoms with Crippen LogP contribution in [0.15, 0.2) is 11.8 Å². The van der Waals surface area contributed by atoms with E-state index < -0.39 is 22.8 Å². The van der Waals surface area contributed by atoms with E-state index in [4.69, 9.17) is 15.9 Å². The summed E-state index contributed by atoms with van der Waals surface area (Å²) in [6.07, 6.45) is 1.70. The Bertz CT molecular complexity index is 349. The van der Waals surface area contributed by atoms with Crippen LogP contribution >= 0.6 is 0 Å². The quantitative estimate of drug-likeness (QED) is 0.630. The summed E-state index contributed by atoms with van der Waals surface area (Å²) in [5, 5.41) is 18.1. The zero-order valence-corrected chi connectivity index (χ0v) is 8.78. The van der Waals surface area contributed by atoms with E-state index in [-0.39, 0.29) is 12.8 Å². The van der Waals surface area contributed by atoms with E-state index in [1.54, 1.807) is 0 Å². The van der Waals surface area contributed by atoms with Gasteiger partial charge in [-0.3, -0.25) is 9.59 Å². The lowest BCUT2D eigenvalue weighted by atomic mass is 9.66. The Morgan fingerprint density at radius 2 is 1.87 bits per heavy atom. The fraction of sp³-hybridized carbons (Fsp3) is 0.600. The van der Waals surface area contributed by atoms with Gasteiger partial charge >= 0.3 is 11.9 Å². The maximum Gasteiger partial charge on any atom is 0.313 e. The van der Waals surface area contributed by atoms with E-state index >= 15 is 0 Å². The van der Waals surface area contributed by atoms with Crippen molar-refractivity contribution in [1.82, 2.24) is 0 Å². The molecule has 0 aromatic rings. The summed E-state index contributed by atoms with van der Waals surface area (Å²) in [5.74, 6) is -2.05. The maximum atomic E-state index is 11.1. The largest absolute Gasteiger partial charge is 0.481 e. The molecule has 0 spiro atoms. The lowest BCUT2D eigenvalue weighted by Crippen LogP contribution is -2.42. The van der Waals surface area contributed by atoms with Gasteiger partial charge in [0.1, 0.15) is 0 Å². The molecule has 0 bridgehead atoms. The van der Waals surface area contributed by atoms with Gasteiger partial charge in [0.2, 0.25) is 0 Å². The molecule has 1 aliphatic carbocycles. The number of carbonyl (C=O) groups is 2. The van der Waals surface area contributed by atoms with Gasteiger partial charge in [0.25, 0.3) is 0 Å². The molecule has 0 amide bonds. The van der Waals surface area contributed by atoms with Crippen LogP contribution in [0.5, 0.6) is 0 Å². The first-order valence-electron chi connectivity index (χ1n) is 4.64. The van der Waals surface area contributed by atoms with Crippen LogP contribution in [-0.2, 0) is 9.59 Å². The fourth-order valence-corrected chi connectivity index (χ4v) is 2.12. The normalized spacial score (nSPS) is 35.7. The Labute approximate surface area is 87.6 Å². The molecule has 4 N–H and O–H groups in total. The van der Waals surface area contributed by atoms with Crippen LogP contribution in [0.3, 0.4) is 0 Å². The minimum absolute atomic E-state index is 0.0609. The average Bonchev–Trinajstić information content (AvgIpc) is 2.00. The van der Waals surface area contributed by atoms with Crippen molar-refractivity contribution in [2.24, 2.45) is 16.6 Å². The van der Waals surface area contributed by atoms with Gasteiger partial charge in [-0.1, -0.05) is 0 Å². The van der Waals surface area contributed by atoms with Crippen LogP contribution in [0.1, 0.15) is 26.7 Å². The summed E-state index contributed by atoms with van der Waals surface area (Å²) in [6, 6.07) is 0. The minimum Gasteiger partial charge on any atom is -0.481 e. The molecular weight excluding hydrogens is 198 g/mol. The van der Waals surface area contributed by atoms with E-state index in [2.05, 4.69) is 0 Å². The van der Waals surface area contributed by atoms with Gasteiger partial charge in [0.15, 0.2) is 0 Å². The first-order valence-corrected chi connectivity index (χ1v) is 4.64. The molecular formula is C10H15NO4. The van der Waals surface area contributed by atoms with Crippen LogP contribution in [0.4, 0.5) is 0 Å². The van der Waals surface area contributed by atoms with Crippen LogP contribution in [0, 0.1) is 10.8 Å². The van der Waals surface area contributed by atoms with Crippen molar-refractivity contribution in [3.63, 3.8) is 0 Å². The van der Waals surface area contributed by atoms with Crippen LogP contribution in [0.25, 0.3) is 0 Å². The van der Waals surface area contributed by atoms with E-state index in [9.17, 15) is 9.59 Å². The zero-order chi connectivity index (χ0) is 11.9. The molecule has 2 unspecified atom stereocenters. The average molecular weight is 213 g/mol. The second-order valence-electron chi connectivity index (χ2n) is 4.66. The van der Waals surface area contributed by atoms with Crippen molar-refractivity contribution >= 4 is 11.9 Å². The number of carboxylic acids is 2. The highest BCUT2D eigenvalue weighted by molar-refractivity contribution is 5.81. The highest BCUT2D eigenvalue weighted by atomic mass is 16.4. The van der Waals surface area contributed by atoms with Crippen molar-refractivity contribution in [1.29, 1.82) is 0 Å². The number of nitrogens with two attached hydrogens (primary N) is 1. The second kappa shape index (κ2) is 3.25. The zero-order valence-electron chi connectivity index (χ0n) is 8.78. The van der Waals surface area contributed by atoms with Crippen LogP contribution in [0.2, 0.25) is 0 Å². The first kappa shape index (κ1) is 11.6. The highest BCUT2D eigenvalue weighted by Gasteiger charge is 2.47. The SMILES string of the molecule is CC1(C(=O)O)C=C(N)CC(C)(C(=O)O)C1. The predicted octanol–water partition coefficient (Wildman–Crippen LogP) is 0.805. The molecule has 0 heterocycles. The van der Waals surface area contributed by atoms with Crippen molar-refractivity contribution < 1.29 is 19.8 Å². The molecule has 0 radical (unpaired) electrons. The molecule has 0 aromatic heterocycles. The molecule has 2 atom stereocenters. The van der Waals surface area contributed by atoms with Gasteiger partial charge in [-0.2, -0.15) is 0 Å². The summed E-state index contributed by atoms with van der Waals surface area (Å²) < 4.78 is 0. The van der Waals surface area contributed by atoms with Gasteiger partial charge in [-0.25, -0.2) is 0 Å². The molecule has 0 saturated carbocycles.